The van der Waals surface area contributed by atoms with Crippen LogP contribution in [0, 0.1) is 32.1 Å². The van der Waals surface area contributed by atoms with E-state index in [-0.39, 0.29) is 18.3 Å². The molecule has 0 saturated carbocycles. The van der Waals surface area contributed by atoms with Gasteiger partial charge in [-0.1, -0.05) is 6.07 Å². The van der Waals surface area contributed by atoms with Gasteiger partial charge in [-0.05, 0) is 43.5 Å². The van der Waals surface area contributed by atoms with Crippen LogP contribution in [0.2, 0.25) is 0 Å². The lowest BCUT2D eigenvalue weighted by atomic mass is 9.99. The highest BCUT2D eigenvalue weighted by molar-refractivity contribution is 7.14. The lowest BCUT2D eigenvalue weighted by molar-refractivity contribution is -0.116. The molecule has 0 aliphatic rings. The molecule has 1 amide bonds. The summed E-state index contributed by atoms with van der Waals surface area (Å²) in [6.07, 6.45) is 1.35. The predicted octanol–water partition coefficient (Wildman–Crippen LogP) is 2.84. The number of nitriles is 1. The van der Waals surface area contributed by atoms with Crippen LogP contribution in [0.15, 0.2) is 23.8 Å². The molecule has 0 radical (unpaired) electrons. The highest BCUT2D eigenvalue weighted by atomic mass is 32.1. The summed E-state index contributed by atoms with van der Waals surface area (Å²) in [5, 5.41) is 21.3. The molecular weight excluding hydrogens is 336 g/mol. The van der Waals surface area contributed by atoms with Crippen molar-refractivity contribution in [3.8, 4) is 17.3 Å². The molecule has 0 spiro atoms. The van der Waals surface area contributed by atoms with E-state index in [1.807, 2.05) is 11.4 Å². The summed E-state index contributed by atoms with van der Waals surface area (Å²) in [5.74, 6) is -0.185. The van der Waals surface area contributed by atoms with Gasteiger partial charge in [-0.3, -0.25) is 9.36 Å². The Balaban J connectivity index is 1.75. The van der Waals surface area contributed by atoms with Crippen LogP contribution in [0.5, 0.6) is 0 Å². The number of aromatic nitrogens is 4. The van der Waals surface area contributed by atoms with Crippen LogP contribution in [-0.4, -0.2) is 25.7 Å². The first-order valence-corrected chi connectivity index (χ1v) is 8.47. The summed E-state index contributed by atoms with van der Waals surface area (Å²) in [5.41, 5.74) is 5.49. The van der Waals surface area contributed by atoms with Crippen LogP contribution in [-0.2, 0) is 11.3 Å². The maximum atomic E-state index is 12.1. The van der Waals surface area contributed by atoms with Crippen LogP contribution < -0.4 is 5.32 Å². The van der Waals surface area contributed by atoms with Gasteiger partial charge in [0.2, 0.25) is 11.7 Å². The van der Waals surface area contributed by atoms with Crippen LogP contribution >= 0.6 is 11.3 Å². The van der Waals surface area contributed by atoms with E-state index in [1.54, 1.807) is 0 Å². The molecule has 1 aromatic carbocycles. The number of carbonyl (C=O) groups excluding carboxylic acids is 1. The Bertz CT molecular complexity index is 981. The van der Waals surface area contributed by atoms with Crippen molar-refractivity contribution in [1.82, 2.24) is 19.7 Å². The largest absolute Gasteiger partial charge is 0.300 e. The molecule has 7 nitrogen and oxygen atoms in total. The van der Waals surface area contributed by atoms with Crippen molar-refractivity contribution in [3.63, 3.8) is 0 Å². The van der Waals surface area contributed by atoms with E-state index in [1.165, 1.54) is 33.4 Å². The van der Waals surface area contributed by atoms with Gasteiger partial charge >= 0.3 is 0 Å². The number of anilines is 1. The Morgan fingerprint density at radius 1 is 1.28 bits per heavy atom. The molecule has 0 unspecified atom stereocenters. The first-order valence-electron chi connectivity index (χ1n) is 7.59. The second-order valence-electron chi connectivity index (χ2n) is 5.73. The maximum absolute atomic E-state index is 12.1. The Labute approximate surface area is 149 Å². The average molecular weight is 352 g/mol. The van der Waals surface area contributed by atoms with E-state index in [0.717, 1.165) is 16.8 Å². The van der Waals surface area contributed by atoms with Crippen molar-refractivity contribution in [2.24, 2.45) is 0 Å². The third kappa shape index (κ3) is 3.56. The molecule has 1 N–H and O–H groups in total. The highest BCUT2D eigenvalue weighted by Crippen LogP contribution is 2.29. The number of hydrogen-bond donors (Lipinski definition) is 1. The Hall–Kier alpha value is -3.05. The fourth-order valence-corrected chi connectivity index (χ4v) is 3.19. The Kier molecular flexibility index (Phi) is 4.59. The van der Waals surface area contributed by atoms with E-state index in [4.69, 9.17) is 5.26 Å². The van der Waals surface area contributed by atoms with Crippen LogP contribution in [0.3, 0.4) is 0 Å². The Morgan fingerprint density at radius 3 is 2.80 bits per heavy atom. The maximum Gasteiger partial charge on any atom is 0.246 e. The number of nitrogens with one attached hydrogen (secondary N) is 1. The number of aryl methyl sites for hydroxylation is 3. The van der Waals surface area contributed by atoms with E-state index >= 15 is 0 Å². The van der Waals surface area contributed by atoms with Gasteiger partial charge in [0.1, 0.15) is 18.9 Å². The van der Waals surface area contributed by atoms with Gasteiger partial charge in [0.25, 0.3) is 0 Å². The number of rotatable bonds is 4. The first-order chi connectivity index (χ1) is 12.0. The van der Waals surface area contributed by atoms with Gasteiger partial charge in [0.15, 0.2) is 5.13 Å². The van der Waals surface area contributed by atoms with E-state index < -0.39 is 0 Å². The highest BCUT2D eigenvalue weighted by Gasteiger charge is 2.12. The number of benzene rings is 1. The van der Waals surface area contributed by atoms with Crippen LogP contribution in [0.4, 0.5) is 5.13 Å². The summed E-state index contributed by atoms with van der Waals surface area (Å²) in [4.78, 5) is 16.6. The zero-order valence-electron chi connectivity index (χ0n) is 14.1. The summed E-state index contributed by atoms with van der Waals surface area (Å²) < 4.78 is 1.39. The standard InChI is InChI=1S/C17H16N6OS/c1-10-4-12(3)13(5-11(10)2)14-8-25-17(20-14)21-16(24)7-23-9-19-22-15(23)6-18/h4-5,8-9H,7H2,1-3H3,(H,20,21,24). The zero-order chi connectivity index (χ0) is 18.0. The summed E-state index contributed by atoms with van der Waals surface area (Å²) in [6.45, 7) is 6.17. The third-order valence-corrected chi connectivity index (χ3v) is 4.65. The molecule has 0 saturated heterocycles. The van der Waals surface area contributed by atoms with Gasteiger partial charge in [-0.15, -0.1) is 21.5 Å². The molecule has 2 aromatic heterocycles. The van der Waals surface area contributed by atoms with Crippen molar-refractivity contribution in [3.05, 3.63) is 46.4 Å². The molecular formula is C17H16N6OS. The minimum atomic E-state index is -0.283. The summed E-state index contributed by atoms with van der Waals surface area (Å²) in [6, 6.07) is 6.13. The van der Waals surface area contributed by atoms with Gasteiger partial charge in [-0.25, -0.2) is 4.98 Å². The zero-order valence-corrected chi connectivity index (χ0v) is 14.9. The quantitative estimate of drug-likeness (QED) is 0.779. The first kappa shape index (κ1) is 16.8. The SMILES string of the molecule is Cc1cc(C)c(-c2csc(NC(=O)Cn3cnnc3C#N)n2)cc1C. The van der Waals surface area contributed by atoms with Crippen molar-refractivity contribution >= 4 is 22.4 Å². The fraction of sp³-hybridized carbons (Fsp3) is 0.235. The van der Waals surface area contributed by atoms with Gasteiger partial charge < -0.3 is 5.32 Å². The van der Waals surface area contributed by atoms with Gasteiger partial charge in [0.05, 0.1) is 5.69 Å². The van der Waals surface area contributed by atoms with Crippen LogP contribution in [0.1, 0.15) is 22.5 Å². The number of hydrogen-bond acceptors (Lipinski definition) is 6. The van der Waals surface area contributed by atoms with E-state index in [2.05, 4.69) is 53.4 Å². The molecule has 3 aromatic rings. The van der Waals surface area contributed by atoms with Crippen molar-refractivity contribution in [2.45, 2.75) is 27.3 Å². The molecule has 2 heterocycles. The third-order valence-electron chi connectivity index (χ3n) is 3.90. The summed E-state index contributed by atoms with van der Waals surface area (Å²) in [7, 11) is 0. The van der Waals surface area contributed by atoms with Crippen molar-refractivity contribution in [2.75, 3.05) is 5.32 Å². The van der Waals surface area contributed by atoms with Crippen LogP contribution in [0.25, 0.3) is 11.3 Å². The second kappa shape index (κ2) is 6.83. The van der Waals surface area contributed by atoms with Gasteiger partial charge in [0, 0.05) is 10.9 Å². The summed E-state index contributed by atoms with van der Waals surface area (Å²) >= 11 is 1.37. The molecule has 8 heteroatoms. The normalized spacial score (nSPS) is 10.5. The molecule has 126 valence electrons. The van der Waals surface area contributed by atoms with E-state index in [0.29, 0.717) is 5.13 Å². The monoisotopic (exact) mass is 352 g/mol. The fourth-order valence-electron chi connectivity index (χ4n) is 2.46. The Morgan fingerprint density at radius 2 is 2.04 bits per heavy atom. The molecule has 0 bridgehead atoms. The molecule has 0 aliphatic carbocycles. The van der Waals surface area contributed by atoms with Crippen molar-refractivity contribution < 1.29 is 4.79 Å². The smallest absolute Gasteiger partial charge is 0.246 e. The molecule has 0 fully saturated rings. The molecule has 25 heavy (non-hydrogen) atoms. The number of carbonyl (C=O) groups is 1. The number of amides is 1. The predicted molar refractivity (Wildman–Crippen MR) is 95.1 cm³/mol. The lowest BCUT2D eigenvalue weighted by Gasteiger charge is -2.07. The molecule has 0 aliphatic heterocycles. The second-order valence-corrected chi connectivity index (χ2v) is 6.59. The van der Waals surface area contributed by atoms with Gasteiger partial charge in [-0.2, -0.15) is 5.26 Å². The van der Waals surface area contributed by atoms with Crippen molar-refractivity contribution in [1.29, 1.82) is 5.26 Å². The average Bonchev–Trinajstić information content (AvgIpc) is 3.20. The minimum absolute atomic E-state index is 0.0343. The number of thiazole rings is 1. The molecule has 0 atom stereocenters. The minimum Gasteiger partial charge on any atom is -0.300 e. The van der Waals surface area contributed by atoms with E-state index in [9.17, 15) is 4.79 Å². The molecule has 3 rings (SSSR count). The number of nitrogens with zero attached hydrogens (tertiary/aromatic N) is 5. The lowest BCUT2D eigenvalue weighted by Crippen LogP contribution is -2.19. The topological polar surface area (TPSA) is 96.5 Å².